The van der Waals surface area contributed by atoms with Crippen LogP contribution in [0.15, 0.2) is 109 Å². The first-order valence-electron chi connectivity index (χ1n) is 31.7. The summed E-state index contributed by atoms with van der Waals surface area (Å²) in [7, 11) is 0. The average Bonchev–Trinajstić information content (AvgIpc) is 3.89. The van der Waals surface area contributed by atoms with Gasteiger partial charge in [0.25, 0.3) is 0 Å². The van der Waals surface area contributed by atoms with Crippen LogP contribution in [0.2, 0.25) is 0 Å². The smallest absolute Gasteiger partial charge is 0.148 e. The third kappa shape index (κ3) is 26.6. The summed E-state index contributed by atoms with van der Waals surface area (Å²) in [6.07, 6.45) is 20.2. The van der Waals surface area contributed by atoms with Gasteiger partial charge in [0, 0.05) is 11.1 Å². The fourth-order valence-electron chi connectivity index (χ4n) is 9.74. The molecular formula is C70H96N2O12S. The van der Waals surface area contributed by atoms with Gasteiger partial charge in [-0.2, -0.15) is 0 Å². The van der Waals surface area contributed by atoms with E-state index >= 15 is 0 Å². The lowest BCUT2D eigenvalue weighted by Gasteiger charge is -2.19. The molecule has 0 atom stereocenters. The Morgan fingerprint density at radius 2 is 0.624 bits per heavy atom. The molecule has 15 heteroatoms. The fraction of sp³-hybridized carbons (Fsp3) is 0.543. The second-order valence-corrected chi connectivity index (χ2v) is 22.3. The monoisotopic (exact) mass is 1190 g/mol. The van der Waals surface area contributed by atoms with Crippen LogP contribution in [0.25, 0.3) is 43.4 Å². The predicted octanol–water partition coefficient (Wildman–Crippen LogP) is 15.8. The molecule has 0 saturated carbocycles. The topological polar surface area (TPSA) is 137 Å². The van der Waals surface area contributed by atoms with Gasteiger partial charge in [-0.25, -0.2) is 0 Å². The van der Waals surface area contributed by atoms with Gasteiger partial charge >= 0.3 is 0 Å². The van der Waals surface area contributed by atoms with E-state index in [4.69, 9.17) is 56.8 Å². The van der Waals surface area contributed by atoms with Gasteiger partial charge < -0.3 is 56.8 Å². The SMILES string of the molecule is CCCCCCCCCCOc1ccc(-c2cc3c(-c4ccc(OCCCCCCCCCC)cc4)cc2COCCOCCOCCOCCOc2ccc(cc2)-c2nnc(s2)-c2ccc(cc2)OCCOCCOCCOCCOC3)cc1. The van der Waals surface area contributed by atoms with Crippen molar-refractivity contribution in [1.82, 2.24) is 10.2 Å². The lowest BCUT2D eigenvalue weighted by Crippen LogP contribution is -2.14. The summed E-state index contributed by atoms with van der Waals surface area (Å²) in [5.74, 6) is 3.27. The van der Waals surface area contributed by atoms with Gasteiger partial charge in [-0.05, 0) is 131 Å². The van der Waals surface area contributed by atoms with Crippen LogP contribution >= 0.6 is 11.3 Å². The number of aromatic nitrogens is 2. The van der Waals surface area contributed by atoms with Gasteiger partial charge in [0.1, 0.15) is 46.2 Å². The number of nitrogens with zero attached hydrogens (tertiary/aromatic N) is 2. The number of rotatable bonds is 22. The minimum Gasteiger partial charge on any atom is -0.494 e. The first-order valence-corrected chi connectivity index (χ1v) is 32.5. The highest BCUT2D eigenvalue weighted by atomic mass is 32.1. The molecule has 5 aromatic carbocycles. The summed E-state index contributed by atoms with van der Waals surface area (Å²) < 4.78 is 72.1. The molecule has 85 heavy (non-hydrogen) atoms. The summed E-state index contributed by atoms with van der Waals surface area (Å²) in [6.45, 7) is 13.9. The summed E-state index contributed by atoms with van der Waals surface area (Å²) in [5.41, 5.74) is 8.37. The largest absolute Gasteiger partial charge is 0.494 e. The normalized spacial score (nSPS) is 15.5. The third-order valence-electron chi connectivity index (χ3n) is 14.6. The van der Waals surface area contributed by atoms with Gasteiger partial charge in [0.2, 0.25) is 0 Å². The Hall–Kier alpha value is -5.46. The van der Waals surface area contributed by atoms with E-state index in [0.29, 0.717) is 119 Å². The number of unbranched alkanes of at least 4 members (excludes halogenated alkanes) is 14. The molecule has 5 aliphatic heterocycles. The number of hydrogen-bond acceptors (Lipinski definition) is 15. The van der Waals surface area contributed by atoms with E-state index in [1.807, 2.05) is 48.5 Å². The molecule has 14 nitrogen and oxygen atoms in total. The van der Waals surface area contributed by atoms with E-state index < -0.39 is 0 Å². The molecule has 0 radical (unpaired) electrons. The van der Waals surface area contributed by atoms with Crippen molar-refractivity contribution in [2.75, 3.05) is 119 Å². The maximum absolute atomic E-state index is 6.39. The van der Waals surface area contributed by atoms with Crippen molar-refractivity contribution < 1.29 is 56.8 Å². The minimum atomic E-state index is 0.391. The van der Waals surface area contributed by atoms with E-state index in [1.165, 1.54) is 101 Å². The molecule has 0 fully saturated rings. The zero-order valence-corrected chi connectivity index (χ0v) is 51.9. The van der Waals surface area contributed by atoms with Crippen molar-refractivity contribution >= 4 is 11.3 Å². The second-order valence-electron chi connectivity index (χ2n) is 21.3. The Balaban J connectivity index is 0.962. The van der Waals surface area contributed by atoms with Gasteiger partial charge in [-0.3, -0.25) is 0 Å². The minimum absolute atomic E-state index is 0.391. The number of ether oxygens (including phenoxy) is 12. The van der Waals surface area contributed by atoms with Gasteiger partial charge in [-0.15, -0.1) is 10.2 Å². The lowest BCUT2D eigenvalue weighted by atomic mass is 9.91. The van der Waals surface area contributed by atoms with Crippen molar-refractivity contribution in [2.45, 2.75) is 130 Å². The Labute approximate surface area is 511 Å². The molecule has 8 bridgehead atoms. The van der Waals surface area contributed by atoms with Crippen LogP contribution in [0.4, 0.5) is 0 Å². The van der Waals surface area contributed by atoms with Gasteiger partial charge in [0.15, 0.2) is 0 Å². The van der Waals surface area contributed by atoms with E-state index in [-0.39, 0.29) is 0 Å². The highest BCUT2D eigenvalue weighted by molar-refractivity contribution is 7.17. The van der Waals surface area contributed by atoms with Crippen molar-refractivity contribution in [2.24, 2.45) is 0 Å². The number of fused-ring (bicyclic) bond motifs is 1. The summed E-state index contributed by atoms with van der Waals surface area (Å²) in [6, 6.07) is 37.2. The van der Waals surface area contributed by atoms with Crippen LogP contribution in [0, 0.1) is 0 Å². The molecule has 0 amide bonds. The van der Waals surface area contributed by atoms with Crippen molar-refractivity contribution in [3.63, 3.8) is 0 Å². The quantitative estimate of drug-likeness (QED) is 0.0596. The molecule has 464 valence electrons. The van der Waals surface area contributed by atoms with Crippen molar-refractivity contribution in [3.8, 4) is 66.4 Å². The molecule has 0 spiro atoms. The summed E-state index contributed by atoms with van der Waals surface area (Å²) in [5, 5.41) is 10.5. The van der Waals surface area contributed by atoms with E-state index in [2.05, 4.69) is 84.7 Å². The molecule has 5 aliphatic rings. The standard InChI is InChI=1S/C70H96N2O12S/c1-3-5-7-9-11-13-15-17-35-81-63-27-19-57(20-28-63)67-53-62-56-80-48-46-76-40-38-74-42-44-78-50-52-84-66-33-25-60(26-34-66)70-72-71-69(85-70)59-23-31-65(32-24-59)83-51-49-77-43-41-73-37-39-75-45-47-79-55-61(67)54-68(62)58-21-29-64(30-22-58)82-36-18-16-14-12-10-8-6-4-2/h19-34,53-54H,3-18,35-52,55-56H2,1-2H3. The molecular weight excluding hydrogens is 1090 g/mol. The van der Waals surface area contributed by atoms with E-state index in [9.17, 15) is 0 Å². The third-order valence-corrected chi connectivity index (χ3v) is 15.6. The van der Waals surface area contributed by atoms with Crippen LogP contribution in [0.3, 0.4) is 0 Å². The Kier molecular flexibility index (Phi) is 33.4. The van der Waals surface area contributed by atoms with Crippen molar-refractivity contribution in [3.05, 3.63) is 120 Å². The molecule has 1 aromatic heterocycles. The summed E-state index contributed by atoms with van der Waals surface area (Å²) in [4.78, 5) is 0. The Bertz CT molecular complexity index is 2450. The first kappa shape index (κ1) is 67.1. The highest BCUT2D eigenvalue weighted by Gasteiger charge is 2.16. The fourth-order valence-corrected chi connectivity index (χ4v) is 10.6. The van der Waals surface area contributed by atoms with Crippen LogP contribution in [-0.2, 0) is 51.1 Å². The molecule has 0 N–H and O–H groups in total. The number of hydrogen-bond donors (Lipinski definition) is 0. The Morgan fingerprint density at radius 1 is 0.329 bits per heavy atom. The van der Waals surface area contributed by atoms with Gasteiger partial charge in [-0.1, -0.05) is 139 Å². The maximum Gasteiger partial charge on any atom is 0.148 e. The zero-order valence-electron chi connectivity index (χ0n) is 51.0. The molecule has 0 saturated heterocycles. The highest BCUT2D eigenvalue weighted by Crippen LogP contribution is 2.36. The van der Waals surface area contributed by atoms with Crippen LogP contribution in [0.1, 0.15) is 128 Å². The molecule has 0 unspecified atom stereocenters. The van der Waals surface area contributed by atoms with Crippen LogP contribution < -0.4 is 18.9 Å². The molecule has 11 rings (SSSR count). The second kappa shape index (κ2) is 42.4. The molecule has 6 heterocycles. The van der Waals surface area contributed by atoms with Crippen LogP contribution in [0.5, 0.6) is 23.0 Å². The first-order chi connectivity index (χ1) is 42.2. The Morgan fingerprint density at radius 3 is 0.965 bits per heavy atom. The van der Waals surface area contributed by atoms with E-state index in [0.717, 1.165) is 104 Å². The average molecular weight is 1190 g/mol. The predicted molar refractivity (Wildman–Crippen MR) is 340 cm³/mol. The van der Waals surface area contributed by atoms with Crippen molar-refractivity contribution in [1.29, 1.82) is 0 Å². The number of benzene rings is 5. The van der Waals surface area contributed by atoms with E-state index in [1.54, 1.807) is 0 Å². The maximum atomic E-state index is 6.39. The zero-order chi connectivity index (χ0) is 58.9. The molecule has 0 aliphatic carbocycles. The van der Waals surface area contributed by atoms with Gasteiger partial charge in [0.05, 0.1) is 119 Å². The summed E-state index contributed by atoms with van der Waals surface area (Å²) >= 11 is 1.53. The lowest BCUT2D eigenvalue weighted by molar-refractivity contribution is -0.00676. The molecule has 6 aromatic rings. The van der Waals surface area contributed by atoms with Crippen LogP contribution in [-0.4, -0.2) is 129 Å².